The lowest BCUT2D eigenvalue weighted by Gasteiger charge is -2.13. The summed E-state index contributed by atoms with van der Waals surface area (Å²) < 4.78 is 5.15. The summed E-state index contributed by atoms with van der Waals surface area (Å²) in [4.78, 5) is 12.8. The van der Waals surface area contributed by atoms with Crippen LogP contribution in [0, 0.1) is 0 Å². The van der Waals surface area contributed by atoms with Gasteiger partial charge in [0.15, 0.2) is 11.6 Å². The normalized spacial score (nSPS) is 11.9. The molecular formula is C16H14N4O2. The van der Waals surface area contributed by atoms with E-state index in [0.29, 0.717) is 11.4 Å². The molecule has 1 heterocycles. The van der Waals surface area contributed by atoms with E-state index in [-0.39, 0.29) is 5.78 Å². The summed E-state index contributed by atoms with van der Waals surface area (Å²) in [6.07, 6.45) is 0. The van der Waals surface area contributed by atoms with Crippen LogP contribution in [0.4, 0.5) is 0 Å². The number of nitrogens with zero attached hydrogens (tertiary/aromatic N) is 3. The Balaban J connectivity index is 2.02. The van der Waals surface area contributed by atoms with Crippen LogP contribution in [0.3, 0.4) is 0 Å². The number of ketones is 1. The maximum atomic E-state index is 12.8. The molecule has 0 aliphatic carbocycles. The van der Waals surface area contributed by atoms with Crippen molar-refractivity contribution in [2.75, 3.05) is 7.11 Å². The number of ether oxygens (including phenoxy) is 1. The van der Waals surface area contributed by atoms with Crippen LogP contribution in [0.15, 0.2) is 54.6 Å². The lowest BCUT2D eigenvalue weighted by atomic mass is 9.90. The Morgan fingerprint density at radius 1 is 1.09 bits per heavy atom. The van der Waals surface area contributed by atoms with Gasteiger partial charge in [-0.25, -0.2) is 0 Å². The number of carbonyl (C=O) groups is 1. The van der Waals surface area contributed by atoms with E-state index < -0.39 is 5.92 Å². The Bertz CT molecular complexity index is 740. The minimum absolute atomic E-state index is 0.0767. The molecular weight excluding hydrogens is 280 g/mol. The summed E-state index contributed by atoms with van der Waals surface area (Å²) >= 11 is 0. The number of nitrogens with one attached hydrogen (secondary N) is 1. The zero-order valence-corrected chi connectivity index (χ0v) is 11.9. The largest absolute Gasteiger partial charge is 0.497 e. The number of H-pyrrole nitrogens is 1. The fourth-order valence-electron chi connectivity index (χ4n) is 2.27. The maximum absolute atomic E-state index is 12.8. The standard InChI is InChI=1S/C16H14N4O2/c1-22-13-9-7-11(8-10-13)14(16-17-19-20-18-16)15(21)12-5-3-2-4-6-12/h2-10,14H,1H3,(H,17,18,19,20). The first kappa shape index (κ1) is 13.9. The molecule has 0 radical (unpaired) electrons. The Kier molecular flexibility index (Phi) is 3.91. The van der Waals surface area contributed by atoms with Crippen LogP contribution in [-0.4, -0.2) is 33.5 Å². The van der Waals surface area contributed by atoms with E-state index in [0.717, 1.165) is 11.3 Å². The van der Waals surface area contributed by atoms with Gasteiger partial charge in [-0.3, -0.25) is 4.79 Å². The summed E-state index contributed by atoms with van der Waals surface area (Å²) in [5.74, 6) is 0.390. The van der Waals surface area contributed by atoms with Crippen molar-refractivity contribution in [2.24, 2.45) is 0 Å². The second-order valence-corrected chi connectivity index (χ2v) is 4.71. The maximum Gasteiger partial charge on any atom is 0.189 e. The van der Waals surface area contributed by atoms with Crippen molar-refractivity contribution < 1.29 is 9.53 Å². The van der Waals surface area contributed by atoms with Crippen LogP contribution in [0.25, 0.3) is 0 Å². The summed E-state index contributed by atoms with van der Waals surface area (Å²) in [6.45, 7) is 0. The highest BCUT2D eigenvalue weighted by Gasteiger charge is 2.27. The van der Waals surface area contributed by atoms with E-state index in [1.54, 1.807) is 31.4 Å². The number of tetrazole rings is 1. The second-order valence-electron chi connectivity index (χ2n) is 4.71. The monoisotopic (exact) mass is 294 g/mol. The molecule has 0 fully saturated rings. The summed E-state index contributed by atoms with van der Waals surface area (Å²) in [5.41, 5.74) is 1.39. The average Bonchev–Trinajstić information content (AvgIpc) is 3.10. The van der Waals surface area contributed by atoms with Crippen LogP contribution in [0.5, 0.6) is 5.75 Å². The molecule has 0 saturated carbocycles. The highest BCUT2D eigenvalue weighted by Crippen LogP contribution is 2.27. The van der Waals surface area contributed by atoms with Crippen LogP contribution < -0.4 is 4.74 Å². The van der Waals surface area contributed by atoms with Gasteiger partial charge in [0.25, 0.3) is 0 Å². The Morgan fingerprint density at radius 2 is 1.82 bits per heavy atom. The van der Waals surface area contributed by atoms with Crippen LogP contribution in [0.1, 0.15) is 27.7 Å². The van der Waals surface area contributed by atoms with Gasteiger partial charge in [-0.15, -0.1) is 10.2 Å². The number of hydrogen-bond donors (Lipinski definition) is 1. The third-order valence-corrected chi connectivity index (χ3v) is 3.39. The summed E-state index contributed by atoms with van der Waals surface area (Å²) in [7, 11) is 1.60. The molecule has 0 aliphatic heterocycles. The number of aromatic amines is 1. The van der Waals surface area contributed by atoms with Crippen LogP contribution in [0.2, 0.25) is 0 Å². The second kappa shape index (κ2) is 6.17. The number of aromatic nitrogens is 4. The molecule has 1 atom stereocenters. The molecule has 22 heavy (non-hydrogen) atoms. The van der Waals surface area contributed by atoms with Crippen LogP contribution >= 0.6 is 0 Å². The third kappa shape index (κ3) is 2.71. The molecule has 0 saturated heterocycles. The highest BCUT2D eigenvalue weighted by molar-refractivity contribution is 6.02. The van der Waals surface area contributed by atoms with Gasteiger partial charge in [0, 0.05) is 5.56 Å². The molecule has 110 valence electrons. The number of carbonyl (C=O) groups excluding carboxylic acids is 1. The molecule has 2 aromatic carbocycles. The number of methoxy groups -OCH3 is 1. The van der Waals surface area contributed by atoms with Gasteiger partial charge < -0.3 is 4.74 Å². The van der Waals surface area contributed by atoms with Gasteiger partial charge in [0.2, 0.25) is 0 Å². The molecule has 6 heteroatoms. The number of benzene rings is 2. The molecule has 1 N–H and O–H groups in total. The number of hydrogen-bond acceptors (Lipinski definition) is 5. The van der Waals surface area contributed by atoms with E-state index in [2.05, 4.69) is 20.6 Å². The van der Waals surface area contributed by atoms with Crippen LogP contribution in [-0.2, 0) is 0 Å². The predicted molar refractivity (Wildman–Crippen MR) is 79.8 cm³/mol. The molecule has 1 unspecified atom stereocenters. The molecule has 0 bridgehead atoms. The first-order chi connectivity index (χ1) is 10.8. The molecule has 3 aromatic rings. The Morgan fingerprint density at radius 3 is 2.41 bits per heavy atom. The smallest absolute Gasteiger partial charge is 0.189 e. The quantitative estimate of drug-likeness (QED) is 0.730. The van der Waals surface area contributed by atoms with Crippen molar-refractivity contribution in [3.63, 3.8) is 0 Å². The highest BCUT2D eigenvalue weighted by atomic mass is 16.5. The first-order valence-electron chi connectivity index (χ1n) is 6.76. The van der Waals surface area contributed by atoms with Crippen molar-refractivity contribution in [3.8, 4) is 5.75 Å². The lowest BCUT2D eigenvalue weighted by Crippen LogP contribution is -2.16. The summed E-state index contributed by atoms with van der Waals surface area (Å²) in [5, 5.41) is 13.9. The SMILES string of the molecule is COc1ccc(C(C(=O)c2ccccc2)c2nn[nH]n2)cc1. The number of Topliss-reactive ketones (excluding diaryl/α,β-unsaturated/α-hetero) is 1. The Hall–Kier alpha value is -3.02. The van der Waals surface area contributed by atoms with E-state index in [4.69, 9.17) is 4.74 Å². The van der Waals surface area contributed by atoms with Crippen molar-refractivity contribution in [1.29, 1.82) is 0 Å². The summed E-state index contributed by atoms with van der Waals surface area (Å²) in [6, 6.07) is 16.4. The van der Waals surface area contributed by atoms with Crippen molar-refractivity contribution in [1.82, 2.24) is 20.6 Å². The fraction of sp³-hybridized carbons (Fsp3) is 0.125. The minimum Gasteiger partial charge on any atom is -0.497 e. The van der Waals surface area contributed by atoms with E-state index in [9.17, 15) is 4.79 Å². The first-order valence-corrected chi connectivity index (χ1v) is 6.76. The molecule has 0 spiro atoms. The zero-order valence-electron chi connectivity index (χ0n) is 11.9. The van der Waals surface area contributed by atoms with Gasteiger partial charge in [-0.1, -0.05) is 47.7 Å². The van der Waals surface area contributed by atoms with Gasteiger partial charge >= 0.3 is 0 Å². The van der Waals surface area contributed by atoms with Gasteiger partial charge in [0.05, 0.1) is 7.11 Å². The van der Waals surface area contributed by atoms with E-state index in [1.807, 2.05) is 30.3 Å². The molecule has 0 amide bonds. The molecule has 6 nitrogen and oxygen atoms in total. The number of rotatable bonds is 5. The third-order valence-electron chi connectivity index (χ3n) is 3.39. The van der Waals surface area contributed by atoms with Gasteiger partial charge in [0.1, 0.15) is 11.7 Å². The van der Waals surface area contributed by atoms with E-state index >= 15 is 0 Å². The van der Waals surface area contributed by atoms with Crippen molar-refractivity contribution in [2.45, 2.75) is 5.92 Å². The molecule has 3 rings (SSSR count). The lowest BCUT2D eigenvalue weighted by molar-refractivity contribution is 0.0971. The topological polar surface area (TPSA) is 80.8 Å². The minimum atomic E-state index is -0.605. The van der Waals surface area contributed by atoms with Gasteiger partial charge in [-0.2, -0.15) is 5.21 Å². The van der Waals surface area contributed by atoms with Crippen molar-refractivity contribution in [3.05, 3.63) is 71.5 Å². The molecule has 0 aliphatic rings. The van der Waals surface area contributed by atoms with Crippen molar-refractivity contribution >= 4 is 5.78 Å². The van der Waals surface area contributed by atoms with Gasteiger partial charge in [-0.05, 0) is 17.7 Å². The average molecular weight is 294 g/mol. The predicted octanol–water partition coefficient (Wildman–Crippen LogP) is 2.22. The zero-order chi connectivity index (χ0) is 15.4. The van der Waals surface area contributed by atoms with E-state index in [1.165, 1.54) is 0 Å². The fourth-order valence-corrected chi connectivity index (χ4v) is 2.27. The molecule has 1 aromatic heterocycles. The Labute approximate surface area is 127 Å².